The Kier molecular flexibility index (Phi) is 6.94. The molecule has 1 fully saturated rings. The molecular formula is C24H31N5O2. The molecule has 7 heteroatoms. The summed E-state index contributed by atoms with van der Waals surface area (Å²) in [7, 11) is 0. The number of carbonyl (C=O) groups excluding carboxylic acids is 1. The smallest absolute Gasteiger partial charge is 0.254 e. The molecule has 31 heavy (non-hydrogen) atoms. The number of fused-ring (bicyclic) bond motifs is 1. The molecule has 1 aliphatic heterocycles. The maximum absolute atomic E-state index is 13.0. The van der Waals surface area contributed by atoms with E-state index in [9.17, 15) is 4.79 Å². The van der Waals surface area contributed by atoms with Crippen molar-refractivity contribution in [2.45, 2.75) is 33.1 Å². The normalized spacial score (nSPS) is 14.8. The fourth-order valence-corrected chi connectivity index (χ4v) is 4.17. The summed E-state index contributed by atoms with van der Waals surface area (Å²) in [5, 5.41) is 7.84. The predicted octanol–water partition coefficient (Wildman–Crippen LogP) is 3.11. The number of ether oxygens (including phenoxy) is 1. The first-order chi connectivity index (χ1) is 15.2. The minimum atomic E-state index is -0.0748. The zero-order valence-electron chi connectivity index (χ0n) is 18.4. The molecule has 0 spiro atoms. The minimum Gasteiger partial charge on any atom is -0.379 e. The third-order valence-corrected chi connectivity index (χ3v) is 5.75. The standard InChI is InChI=1S/C24H31N5O2/c1-3-8-21-20(24(30)25-11-7-12-28-13-15-31-16-14-28)17-26-23-22(18(2)27-29(21)23)19-9-5-4-6-10-19/h4-6,9-10,17H,3,7-8,11-16H2,1-2H3,(H,25,30). The van der Waals surface area contributed by atoms with Crippen molar-refractivity contribution < 1.29 is 9.53 Å². The summed E-state index contributed by atoms with van der Waals surface area (Å²) in [5.41, 5.74) is 5.36. The third-order valence-electron chi connectivity index (χ3n) is 5.75. The molecule has 3 aromatic rings. The molecule has 0 aliphatic carbocycles. The second-order valence-corrected chi connectivity index (χ2v) is 7.99. The van der Waals surface area contributed by atoms with Gasteiger partial charge in [0.15, 0.2) is 5.65 Å². The lowest BCUT2D eigenvalue weighted by atomic mass is 10.1. The maximum Gasteiger partial charge on any atom is 0.254 e. The zero-order chi connectivity index (χ0) is 21.6. The summed E-state index contributed by atoms with van der Waals surface area (Å²) in [4.78, 5) is 20.0. The average Bonchev–Trinajstić information content (AvgIpc) is 3.14. The van der Waals surface area contributed by atoms with E-state index in [0.717, 1.165) is 80.3 Å². The van der Waals surface area contributed by atoms with Crippen LogP contribution in [0.3, 0.4) is 0 Å². The van der Waals surface area contributed by atoms with Gasteiger partial charge in [0.05, 0.1) is 30.2 Å². The van der Waals surface area contributed by atoms with Crippen molar-refractivity contribution in [3.63, 3.8) is 0 Å². The van der Waals surface area contributed by atoms with Crippen molar-refractivity contribution in [2.75, 3.05) is 39.4 Å². The predicted molar refractivity (Wildman–Crippen MR) is 121 cm³/mol. The second-order valence-electron chi connectivity index (χ2n) is 7.99. The summed E-state index contributed by atoms with van der Waals surface area (Å²) in [6.07, 6.45) is 4.33. The Morgan fingerprint density at radius 2 is 1.97 bits per heavy atom. The van der Waals surface area contributed by atoms with E-state index in [1.54, 1.807) is 6.20 Å². The minimum absolute atomic E-state index is 0.0748. The van der Waals surface area contributed by atoms with Gasteiger partial charge in [-0.1, -0.05) is 43.7 Å². The van der Waals surface area contributed by atoms with E-state index >= 15 is 0 Å². The van der Waals surface area contributed by atoms with Crippen molar-refractivity contribution in [1.82, 2.24) is 24.8 Å². The Hall–Kier alpha value is -2.77. The van der Waals surface area contributed by atoms with Crippen LogP contribution >= 0.6 is 0 Å². The number of morpholine rings is 1. The topological polar surface area (TPSA) is 71.8 Å². The van der Waals surface area contributed by atoms with Crippen LogP contribution in [-0.2, 0) is 11.2 Å². The number of nitrogens with one attached hydrogen (secondary N) is 1. The first-order valence-corrected chi connectivity index (χ1v) is 11.2. The number of aryl methyl sites for hydroxylation is 2. The molecule has 164 valence electrons. The van der Waals surface area contributed by atoms with Gasteiger partial charge in [0.2, 0.25) is 0 Å². The van der Waals surface area contributed by atoms with Gasteiger partial charge in [-0.3, -0.25) is 9.69 Å². The fourth-order valence-electron chi connectivity index (χ4n) is 4.17. The van der Waals surface area contributed by atoms with Crippen LogP contribution in [0.5, 0.6) is 0 Å². The van der Waals surface area contributed by atoms with Crippen molar-refractivity contribution in [3.05, 3.63) is 53.5 Å². The number of benzene rings is 1. The largest absolute Gasteiger partial charge is 0.379 e. The molecule has 0 atom stereocenters. The van der Waals surface area contributed by atoms with Gasteiger partial charge >= 0.3 is 0 Å². The molecule has 3 heterocycles. The van der Waals surface area contributed by atoms with Gasteiger partial charge < -0.3 is 10.1 Å². The Labute approximate surface area is 183 Å². The molecule has 0 radical (unpaired) electrons. The number of carbonyl (C=O) groups is 1. The van der Waals surface area contributed by atoms with Gasteiger partial charge in [0, 0.05) is 31.4 Å². The van der Waals surface area contributed by atoms with Crippen LogP contribution in [-0.4, -0.2) is 64.8 Å². The Bertz CT molecular complexity index is 1030. The molecule has 2 aromatic heterocycles. The van der Waals surface area contributed by atoms with E-state index < -0.39 is 0 Å². The summed E-state index contributed by atoms with van der Waals surface area (Å²) in [6, 6.07) is 10.2. The number of nitrogens with zero attached hydrogens (tertiary/aromatic N) is 4. The van der Waals surface area contributed by atoms with Crippen LogP contribution in [0.15, 0.2) is 36.5 Å². The van der Waals surface area contributed by atoms with Gasteiger partial charge in [-0.25, -0.2) is 9.50 Å². The summed E-state index contributed by atoms with van der Waals surface area (Å²) < 4.78 is 7.25. The lowest BCUT2D eigenvalue weighted by molar-refractivity contribution is 0.0374. The first kappa shape index (κ1) is 21.5. The molecule has 1 N–H and O–H groups in total. The van der Waals surface area contributed by atoms with E-state index in [1.807, 2.05) is 29.6 Å². The summed E-state index contributed by atoms with van der Waals surface area (Å²) in [6.45, 7) is 9.27. The van der Waals surface area contributed by atoms with Gasteiger partial charge in [0.25, 0.3) is 5.91 Å². The first-order valence-electron chi connectivity index (χ1n) is 11.2. The number of amides is 1. The van der Waals surface area contributed by atoms with Crippen LogP contribution in [0, 0.1) is 6.92 Å². The van der Waals surface area contributed by atoms with Crippen LogP contribution in [0.4, 0.5) is 0 Å². The van der Waals surface area contributed by atoms with E-state index in [2.05, 4.69) is 34.3 Å². The fraction of sp³-hybridized carbons (Fsp3) is 0.458. The lowest BCUT2D eigenvalue weighted by Gasteiger charge is -2.26. The molecule has 1 saturated heterocycles. The van der Waals surface area contributed by atoms with Crippen LogP contribution in [0.25, 0.3) is 16.8 Å². The number of hydrogen-bond acceptors (Lipinski definition) is 5. The van der Waals surface area contributed by atoms with Gasteiger partial charge in [-0.2, -0.15) is 5.10 Å². The Morgan fingerprint density at radius 3 is 2.71 bits per heavy atom. The molecule has 0 bridgehead atoms. The molecule has 0 saturated carbocycles. The number of rotatable bonds is 8. The zero-order valence-corrected chi connectivity index (χ0v) is 18.4. The number of aromatic nitrogens is 3. The molecule has 1 aliphatic rings. The molecular weight excluding hydrogens is 390 g/mol. The third kappa shape index (κ3) is 4.78. The van der Waals surface area contributed by atoms with Gasteiger partial charge in [0.1, 0.15) is 0 Å². The van der Waals surface area contributed by atoms with Crippen LogP contribution in [0.1, 0.15) is 41.5 Å². The average molecular weight is 422 g/mol. The van der Waals surface area contributed by atoms with E-state index in [1.165, 1.54) is 0 Å². The van der Waals surface area contributed by atoms with Crippen molar-refractivity contribution >= 4 is 11.6 Å². The Balaban J connectivity index is 1.53. The van der Waals surface area contributed by atoms with E-state index in [-0.39, 0.29) is 5.91 Å². The quantitative estimate of drug-likeness (QED) is 0.566. The van der Waals surface area contributed by atoms with Crippen molar-refractivity contribution in [2.24, 2.45) is 0 Å². The summed E-state index contributed by atoms with van der Waals surface area (Å²) in [5.74, 6) is -0.0748. The molecule has 1 aromatic carbocycles. The lowest BCUT2D eigenvalue weighted by Crippen LogP contribution is -2.38. The van der Waals surface area contributed by atoms with Crippen molar-refractivity contribution in [1.29, 1.82) is 0 Å². The monoisotopic (exact) mass is 421 g/mol. The number of hydrogen-bond donors (Lipinski definition) is 1. The highest BCUT2D eigenvalue weighted by Crippen LogP contribution is 2.28. The SMILES string of the molecule is CCCc1c(C(=O)NCCCN2CCOCC2)cnc2c(-c3ccccc3)c(C)nn12. The van der Waals surface area contributed by atoms with Gasteiger partial charge in [-0.05, 0) is 31.9 Å². The molecule has 0 unspecified atom stereocenters. The molecule has 4 rings (SSSR count). The van der Waals surface area contributed by atoms with E-state index in [4.69, 9.17) is 9.84 Å². The highest BCUT2D eigenvalue weighted by Gasteiger charge is 2.20. The maximum atomic E-state index is 13.0. The van der Waals surface area contributed by atoms with E-state index in [0.29, 0.717) is 12.1 Å². The highest BCUT2D eigenvalue weighted by molar-refractivity contribution is 5.95. The summed E-state index contributed by atoms with van der Waals surface area (Å²) >= 11 is 0. The Morgan fingerprint density at radius 1 is 1.19 bits per heavy atom. The van der Waals surface area contributed by atoms with Crippen molar-refractivity contribution in [3.8, 4) is 11.1 Å². The van der Waals surface area contributed by atoms with Gasteiger partial charge in [-0.15, -0.1) is 0 Å². The highest BCUT2D eigenvalue weighted by atomic mass is 16.5. The second kappa shape index (κ2) is 10.0. The van der Waals surface area contributed by atoms with Crippen LogP contribution < -0.4 is 5.32 Å². The molecule has 1 amide bonds. The van der Waals surface area contributed by atoms with Crippen LogP contribution in [0.2, 0.25) is 0 Å². The molecule has 7 nitrogen and oxygen atoms in total.